The van der Waals surface area contributed by atoms with Gasteiger partial charge in [-0.2, -0.15) is 0 Å². The summed E-state index contributed by atoms with van der Waals surface area (Å²) < 4.78 is 22.9. The van der Waals surface area contributed by atoms with Gasteiger partial charge in [0.05, 0.1) is 11.2 Å². The number of hydrogen-bond donors (Lipinski definition) is 2. The standard InChI is InChI=1S/C40H54O11/c1-23(41)48-31-21-29-30(44)20-28-27(37(29,6)22-32(31)49-24(2)42)14-18-38(7)33(15-19-40(28,38)47)39(8,46)34(16-17-36(4,5)51-25(3)43)50-35(45)26-12-10-9-11-13-26/h9-13,20,27,29,31-34,46-47H,14-19,21-22H2,1-8H3/t27-,29-,31+,32-,33-,34+,37+,38+,39+,40+/m0/s1. The Morgan fingerprint density at radius 2 is 1.53 bits per heavy atom. The molecule has 0 aromatic heterocycles. The van der Waals surface area contributed by atoms with E-state index in [0.29, 0.717) is 36.8 Å². The Morgan fingerprint density at radius 1 is 0.902 bits per heavy atom. The zero-order chi connectivity index (χ0) is 37.7. The Morgan fingerprint density at radius 3 is 2.14 bits per heavy atom. The molecular formula is C40H54O11. The molecule has 0 saturated heterocycles. The molecule has 0 spiro atoms. The lowest BCUT2D eigenvalue weighted by atomic mass is 9.45. The third-order valence-corrected chi connectivity index (χ3v) is 12.8. The maximum absolute atomic E-state index is 14.0. The predicted molar refractivity (Wildman–Crippen MR) is 185 cm³/mol. The van der Waals surface area contributed by atoms with Gasteiger partial charge in [0.2, 0.25) is 0 Å². The SMILES string of the molecule is CC(=O)O[C@H]1C[C@@]2(C)[C@@H](C[C@H]1OC(C)=O)C(=O)C=C1[C@@H]2CC[C@]2(C)[C@@H]([C@@](C)(O)[C@@H](CCC(C)(C)OC(C)=O)OC(=O)c3ccccc3)CC[C@@]12O. The van der Waals surface area contributed by atoms with Crippen LogP contribution in [0.15, 0.2) is 42.0 Å². The second kappa shape index (κ2) is 13.8. The van der Waals surface area contributed by atoms with Crippen molar-refractivity contribution in [1.82, 2.24) is 0 Å². The molecule has 11 heteroatoms. The molecule has 3 saturated carbocycles. The van der Waals surface area contributed by atoms with E-state index < -0.39 is 81.7 Å². The first-order chi connectivity index (χ1) is 23.6. The van der Waals surface area contributed by atoms with Crippen LogP contribution in [0.5, 0.6) is 0 Å². The van der Waals surface area contributed by atoms with Crippen molar-refractivity contribution in [3.63, 3.8) is 0 Å². The number of hydrogen-bond acceptors (Lipinski definition) is 11. The molecule has 51 heavy (non-hydrogen) atoms. The van der Waals surface area contributed by atoms with Crippen LogP contribution < -0.4 is 0 Å². The zero-order valence-corrected chi connectivity index (χ0v) is 31.2. The first-order valence-corrected chi connectivity index (χ1v) is 18.2. The van der Waals surface area contributed by atoms with E-state index in [1.807, 2.05) is 13.8 Å². The maximum atomic E-state index is 14.0. The zero-order valence-electron chi connectivity index (χ0n) is 31.2. The number of allylic oxidation sites excluding steroid dienone is 1. The second-order valence-corrected chi connectivity index (χ2v) is 16.6. The van der Waals surface area contributed by atoms with Gasteiger partial charge in [0, 0.05) is 32.1 Å². The first kappa shape index (κ1) is 38.7. The number of aliphatic hydroxyl groups is 2. The molecule has 0 amide bonds. The summed E-state index contributed by atoms with van der Waals surface area (Å²) in [4.78, 5) is 63.3. The number of ether oxygens (including phenoxy) is 4. The first-order valence-electron chi connectivity index (χ1n) is 18.2. The molecule has 4 aliphatic carbocycles. The van der Waals surface area contributed by atoms with Crippen LogP contribution in [0.25, 0.3) is 0 Å². The van der Waals surface area contributed by atoms with Gasteiger partial charge in [0.1, 0.15) is 29.5 Å². The number of ketones is 1. The average molecular weight is 711 g/mol. The minimum atomic E-state index is -1.63. The van der Waals surface area contributed by atoms with E-state index in [9.17, 15) is 34.2 Å². The van der Waals surface area contributed by atoms with Crippen molar-refractivity contribution in [3.8, 4) is 0 Å². The molecule has 0 heterocycles. The molecule has 1 aromatic rings. The molecule has 3 fully saturated rings. The second-order valence-electron chi connectivity index (χ2n) is 16.6. The van der Waals surface area contributed by atoms with Gasteiger partial charge in [-0.1, -0.05) is 32.0 Å². The molecule has 0 bridgehead atoms. The number of rotatable bonds is 10. The minimum Gasteiger partial charge on any atom is -0.460 e. The number of esters is 4. The minimum absolute atomic E-state index is 0.169. The van der Waals surface area contributed by atoms with Crippen LogP contribution in [0.4, 0.5) is 0 Å². The van der Waals surface area contributed by atoms with E-state index in [0.717, 1.165) is 0 Å². The highest BCUT2D eigenvalue weighted by Gasteiger charge is 2.69. The molecule has 10 atom stereocenters. The van der Waals surface area contributed by atoms with E-state index in [-0.39, 0.29) is 37.4 Å². The lowest BCUT2D eigenvalue weighted by Crippen LogP contribution is -2.63. The lowest BCUT2D eigenvalue weighted by molar-refractivity contribution is -0.191. The van der Waals surface area contributed by atoms with Gasteiger partial charge in [0.15, 0.2) is 5.78 Å². The molecule has 5 rings (SSSR count). The van der Waals surface area contributed by atoms with Crippen LogP contribution in [-0.2, 0) is 38.1 Å². The van der Waals surface area contributed by atoms with E-state index in [4.69, 9.17) is 18.9 Å². The number of carbonyl (C=O) groups excluding carboxylic acids is 5. The number of fused-ring (bicyclic) bond motifs is 5. The quantitative estimate of drug-likeness (QED) is 0.235. The fraction of sp³-hybridized carbons (Fsp3) is 0.675. The molecular weight excluding hydrogens is 656 g/mol. The van der Waals surface area contributed by atoms with Gasteiger partial charge in [-0.3, -0.25) is 19.2 Å². The number of carbonyl (C=O) groups is 5. The summed E-state index contributed by atoms with van der Waals surface area (Å²) >= 11 is 0. The van der Waals surface area contributed by atoms with E-state index in [1.54, 1.807) is 57.2 Å². The van der Waals surface area contributed by atoms with Crippen molar-refractivity contribution in [1.29, 1.82) is 0 Å². The predicted octanol–water partition coefficient (Wildman–Crippen LogP) is 5.43. The summed E-state index contributed by atoms with van der Waals surface area (Å²) in [7, 11) is 0. The summed E-state index contributed by atoms with van der Waals surface area (Å²) in [5.41, 5.74) is -4.62. The Labute approximate surface area is 300 Å². The van der Waals surface area contributed by atoms with Gasteiger partial charge in [-0.25, -0.2) is 4.79 Å². The van der Waals surface area contributed by atoms with Crippen molar-refractivity contribution < 1.29 is 53.1 Å². The highest BCUT2D eigenvalue weighted by molar-refractivity contribution is 5.95. The third-order valence-electron chi connectivity index (χ3n) is 12.8. The molecule has 2 N–H and O–H groups in total. The van der Waals surface area contributed by atoms with Crippen molar-refractivity contribution >= 4 is 29.7 Å². The summed E-state index contributed by atoms with van der Waals surface area (Å²) in [5, 5.41) is 25.5. The monoisotopic (exact) mass is 710 g/mol. The fourth-order valence-corrected chi connectivity index (χ4v) is 10.3. The highest BCUT2D eigenvalue weighted by Crippen LogP contribution is 2.69. The van der Waals surface area contributed by atoms with E-state index in [2.05, 4.69) is 0 Å². The van der Waals surface area contributed by atoms with Gasteiger partial charge < -0.3 is 29.2 Å². The summed E-state index contributed by atoms with van der Waals surface area (Å²) in [6.45, 7) is 13.1. The normalized spacial score (nSPS) is 34.7. The number of benzene rings is 1. The average Bonchev–Trinajstić information content (AvgIpc) is 3.31. The van der Waals surface area contributed by atoms with Crippen molar-refractivity contribution in [2.45, 2.75) is 142 Å². The van der Waals surface area contributed by atoms with Crippen molar-refractivity contribution in [2.75, 3.05) is 0 Å². The molecule has 0 radical (unpaired) electrons. The van der Waals surface area contributed by atoms with Crippen LogP contribution in [-0.4, -0.2) is 75.0 Å². The van der Waals surface area contributed by atoms with Gasteiger partial charge in [-0.05, 0) is 113 Å². The van der Waals surface area contributed by atoms with E-state index in [1.165, 1.54) is 20.8 Å². The fourth-order valence-electron chi connectivity index (χ4n) is 10.3. The highest BCUT2D eigenvalue weighted by atomic mass is 16.6. The van der Waals surface area contributed by atoms with Gasteiger partial charge in [-0.15, -0.1) is 0 Å². The van der Waals surface area contributed by atoms with Crippen LogP contribution >= 0.6 is 0 Å². The molecule has 0 aliphatic heterocycles. The Bertz CT molecular complexity index is 1580. The summed E-state index contributed by atoms with van der Waals surface area (Å²) in [6.07, 6.45) is 1.81. The Kier molecular flexibility index (Phi) is 10.4. The van der Waals surface area contributed by atoms with Crippen LogP contribution in [0, 0.1) is 28.6 Å². The van der Waals surface area contributed by atoms with E-state index >= 15 is 0 Å². The molecule has 1 aromatic carbocycles. The van der Waals surface area contributed by atoms with Crippen LogP contribution in [0.3, 0.4) is 0 Å². The summed E-state index contributed by atoms with van der Waals surface area (Å²) in [5.74, 6) is -3.51. The molecule has 0 unspecified atom stereocenters. The maximum Gasteiger partial charge on any atom is 0.338 e. The van der Waals surface area contributed by atoms with Crippen molar-refractivity contribution in [2.24, 2.45) is 28.6 Å². The van der Waals surface area contributed by atoms with Gasteiger partial charge >= 0.3 is 23.9 Å². The van der Waals surface area contributed by atoms with Gasteiger partial charge in [0.25, 0.3) is 0 Å². The smallest absolute Gasteiger partial charge is 0.338 e. The molecule has 4 aliphatic rings. The Balaban J connectivity index is 1.48. The Hall–Kier alpha value is -3.57. The summed E-state index contributed by atoms with van der Waals surface area (Å²) in [6, 6.07) is 8.52. The van der Waals surface area contributed by atoms with Crippen molar-refractivity contribution in [3.05, 3.63) is 47.5 Å². The topological polar surface area (TPSA) is 163 Å². The molecule has 11 nitrogen and oxygen atoms in total. The molecule has 280 valence electrons. The lowest BCUT2D eigenvalue weighted by Gasteiger charge is -2.61. The largest absolute Gasteiger partial charge is 0.460 e. The third kappa shape index (κ3) is 7.12. The van der Waals surface area contributed by atoms with Crippen LogP contribution in [0.1, 0.15) is 117 Å². The van der Waals surface area contributed by atoms with Crippen LogP contribution in [0.2, 0.25) is 0 Å².